The van der Waals surface area contributed by atoms with Gasteiger partial charge in [0.25, 0.3) is 0 Å². The Kier molecular flexibility index (Phi) is 7.87. The van der Waals surface area contributed by atoms with Crippen molar-refractivity contribution in [2.45, 2.75) is 69.8 Å². The lowest BCUT2D eigenvalue weighted by Crippen LogP contribution is -2.28. The Morgan fingerprint density at radius 3 is 2.10 bits per heavy atom. The van der Waals surface area contributed by atoms with Gasteiger partial charge in [-0.05, 0) is 80.8 Å². The summed E-state index contributed by atoms with van der Waals surface area (Å²) in [6, 6.07) is 16.6. The topological polar surface area (TPSA) is 35.5 Å². The van der Waals surface area contributed by atoms with Crippen molar-refractivity contribution in [2.24, 2.45) is 0 Å². The number of ether oxygens (including phenoxy) is 2. The number of rotatable bonds is 7. The summed E-state index contributed by atoms with van der Waals surface area (Å²) in [6.07, 6.45) is 5.41. The summed E-state index contributed by atoms with van der Waals surface area (Å²) in [6.45, 7) is 8.08. The fraction of sp³-hybridized carbons (Fsp3) is 0.500. The first-order valence-electron chi connectivity index (χ1n) is 11.1. The second-order valence-electron chi connectivity index (χ2n) is 8.84. The van der Waals surface area contributed by atoms with E-state index in [0.29, 0.717) is 22.6 Å². The lowest BCUT2D eigenvalue weighted by molar-refractivity contribution is -0.159. The number of benzene rings is 2. The van der Waals surface area contributed by atoms with Crippen molar-refractivity contribution >= 4 is 16.9 Å². The Balaban J connectivity index is 1.52. The van der Waals surface area contributed by atoms with Gasteiger partial charge in [0.1, 0.15) is 22.9 Å². The van der Waals surface area contributed by atoms with Crippen LogP contribution in [-0.4, -0.2) is 24.1 Å². The zero-order valence-electron chi connectivity index (χ0n) is 18.8. The summed E-state index contributed by atoms with van der Waals surface area (Å²) >= 11 is 0. The van der Waals surface area contributed by atoms with Gasteiger partial charge in [0.15, 0.2) is 11.5 Å². The average molecular weight is 428 g/mol. The molecular formula is C26H35O3S+. The molecule has 0 aromatic heterocycles. The molecule has 3 rings (SSSR count). The van der Waals surface area contributed by atoms with Crippen LogP contribution in [0, 0.1) is 0 Å². The van der Waals surface area contributed by atoms with Crippen LogP contribution in [0.4, 0.5) is 0 Å². The third-order valence-electron chi connectivity index (χ3n) is 5.69. The maximum atomic E-state index is 12.4. The Hall–Kier alpha value is -1.94. The minimum atomic E-state index is -0.694. The van der Waals surface area contributed by atoms with Gasteiger partial charge in [-0.2, -0.15) is 0 Å². The third kappa shape index (κ3) is 6.28. The third-order valence-corrected chi connectivity index (χ3v) is 8.19. The molecule has 3 nitrogen and oxygen atoms in total. The Bertz CT molecular complexity index is 801. The van der Waals surface area contributed by atoms with E-state index >= 15 is 0 Å². The summed E-state index contributed by atoms with van der Waals surface area (Å²) in [5.41, 5.74) is 1.56. The monoisotopic (exact) mass is 427 g/mol. The molecule has 30 heavy (non-hydrogen) atoms. The van der Waals surface area contributed by atoms with E-state index in [1.165, 1.54) is 47.6 Å². The first-order valence-corrected chi connectivity index (χ1v) is 12.6. The van der Waals surface area contributed by atoms with Crippen LogP contribution < -0.4 is 4.74 Å². The molecule has 0 spiro atoms. The van der Waals surface area contributed by atoms with Crippen molar-refractivity contribution < 1.29 is 14.3 Å². The van der Waals surface area contributed by atoms with Crippen molar-refractivity contribution in [3.05, 3.63) is 59.7 Å². The first-order chi connectivity index (χ1) is 14.3. The van der Waals surface area contributed by atoms with Crippen molar-refractivity contribution in [1.82, 2.24) is 0 Å². The van der Waals surface area contributed by atoms with E-state index in [2.05, 4.69) is 38.1 Å². The zero-order chi connectivity index (χ0) is 21.6. The highest BCUT2D eigenvalue weighted by Crippen LogP contribution is 2.27. The summed E-state index contributed by atoms with van der Waals surface area (Å²) < 4.78 is 11.4. The molecule has 2 aromatic carbocycles. The molecule has 1 fully saturated rings. The van der Waals surface area contributed by atoms with Crippen LogP contribution in [0.5, 0.6) is 5.75 Å². The smallest absolute Gasteiger partial charge is 0.345 e. The molecule has 0 unspecified atom stereocenters. The quantitative estimate of drug-likeness (QED) is 0.389. The summed E-state index contributed by atoms with van der Waals surface area (Å²) in [4.78, 5) is 13.8. The lowest BCUT2D eigenvalue weighted by atomic mass is 9.94. The molecule has 2 aromatic rings. The Labute approximate surface area is 184 Å². The van der Waals surface area contributed by atoms with Gasteiger partial charge in [0.05, 0.1) is 0 Å². The largest absolute Gasteiger partial charge is 0.482 e. The fourth-order valence-corrected chi connectivity index (χ4v) is 6.06. The van der Waals surface area contributed by atoms with Crippen LogP contribution in [0.1, 0.15) is 70.4 Å². The van der Waals surface area contributed by atoms with E-state index in [-0.39, 0.29) is 12.6 Å². The fourth-order valence-electron chi connectivity index (χ4n) is 3.76. The van der Waals surface area contributed by atoms with Crippen LogP contribution in [0.25, 0.3) is 0 Å². The van der Waals surface area contributed by atoms with E-state index in [0.717, 1.165) is 5.56 Å². The number of carbonyl (C=O) groups is 1. The number of hydrogen-bond donors (Lipinski definition) is 0. The van der Waals surface area contributed by atoms with Crippen molar-refractivity contribution in [2.75, 3.05) is 18.1 Å². The Morgan fingerprint density at radius 2 is 1.53 bits per heavy atom. The zero-order valence-corrected chi connectivity index (χ0v) is 19.6. The Morgan fingerprint density at radius 1 is 0.933 bits per heavy atom. The SMILES string of the molecule is CC(C)c1ccc(C(C)(C)OC(=O)COc2ccc([S+]3CCCCCC3)cc2)cc1. The summed E-state index contributed by atoms with van der Waals surface area (Å²) in [5, 5.41) is 0. The minimum absolute atomic E-state index is 0.0848. The van der Waals surface area contributed by atoms with E-state index in [9.17, 15) is 4.79 Å². The molecule has 0 radical (unpaired) electrons. The number of hydrogen-bond acceptors (Lipinski definition) is 3. The molecule has 0 amide bonds. The van der Waals surface area contributed by atoms with Crippen LogP contribution in [0.15, 0.2) is 53.4 Å². The van der Waals surface area contributed by atoms with E-state index < -0.39 is 5.60 Å². The van der Waals surface area contributed by atoms with Crippen molar-refractivity contribution in [3.8, 4) is 5.75 Å². The highest BCUT2D eigenvalue weighted by Gasteiger charge is 2.26. The molecule has 4 heteroatoms. The molecule has 0 bridgehead atoms. The van der Waals surface area contributed by atoms with Crippen molar-refractivity contribution in [3.63, 3.8) is 0 Å². The highest BCUT2D eigenvalue weighted by atomic mass is 32.2. The van der Waals surface area contributed by atoms with Gasteiger partial charge in [0, 0.05) is 10.9 Å². The normalized spacial score (nSPS) is 15.6. The van der Waals surface area contributed by atoms with Crippen LogP contribution in [0.2, 0.25) is 0 Å². The molecule has 0 saturated carbocycles. The second-order valence-corrected chi connectivity index (χ2v) is 11.1. The highest BCUT2D eigenvalue weighted by molar-refractivity contribution is 7.96. The molecule has 0 atom stereocenters. The summed E-state index contributed by atoms with van der Waals surface area (Å²) in [7, 11) is 0.367. The maximum Gasteiger partial charge on any atom is 0.345 e. The standard InChI is InChI=1S/C26H35O3S/c1-20(2)21-9-11-22(12-10-21)26(3,4)29-25(27)19-28-23-13-15-24(16-14-23)30-17-7-5-6-8-18-30/h9-16,20H,5-8,17-19H2,1-4H3/q+1. The molecular weight excluding hydrogens is 392 g/mol. The maximum absolute atomic E-state index is 12.4. The van der Waals surface area contributed by atoms with Gasteiger partial charge >= 0.3 is 5.97 Å². The predicted octanol–water partition coefficient (Wildman–Crippen LogP) is 6.22. The van der Waals surface area contributed by atoms with Gasteiger partial charge in [-0.1, -0.05) is 38.1 Å². The molecule has 1 heterocycles. The van der Waals surface area contributed by atoms with Gasteiger partial charge in [-0.15, -0.1) is 0 Å². The van der Waals surface area contributed by atoms with Crippen molar-refractivity contribution in [1.29, 1.82) is 0 Å². The van der Waals surface area contributed by atoms with Gasteiger partial charge < -0.3 is 9.47 Å². The van der Waals surface area contributed by atoms with E-state index in [1.807, 2.05) is 38.1 Å². The minimum Gasteiger partial charge on any atom is -0.482 e. The molecule has 1 aliphatic rings. The van der Waals surface area contributed by atoms with Crippen LogP contribution in [0.3, 0.4) is 0 Å². The number of esters is 1. The first kappa shape index (κ1) is 22.7. The molecule has 0 aliphatic carbocycles. The van der Waals surface area contributed by atoms with E-state index in [1.54, 1.807) is 0 Å². The van der Waals surface area contributed by atoms with E-state index in [4.69, 9.17) is 9.47 Å². The second kappa shape index (κ2) is 10.4. The number of carbonyl (C=O) groups excluding carboxylic acids is 1. The molecule has 1 aliphatic heterocycles. The molecule has 162 valence electrons. The van der Waals surface area contributed by atoms with Gasteiger partial charge in [-0.3, -0.25) is 0 Å². The molecule has 0 N–H and O–H groups in total. The summed E-state index contributed by atoms with van der Waals surface area (Å²) in [5.74, 6) is 3.45. The average Bonchev–Trinajstić information content (AvgIpc) is 3.02. The molecule has 1 saturated heterocycles. The predicted molar refractivity (Wildman–Crippen MR) is 125 cm³/mol. The lowest BCUT2D eigenvalue weighted by Gasteiger charge is -2.26. The van der Waals surface area contributed by atoms with Crippen LogP contribution in [-0.2, 0) is 26.0 Å². The van der Waals surface area contributed by atoms with Crippen LogP contribution >= 0.6 is 0 Å². The van der Waals surface area contributed by atoms with Gasteiger partial charge in [0.2, 0.25) is 0 Å². The van der Waals surface area contributed by atoms with Gasteiger partial charge in [-0.25, -0.2) is 4.79 Å².